The Kier molecular flexibility index (Phi) is 3.96. The predicted octanol–water partition coefficient (Wildman–Crippen LogP) is -0.406. The van der Waals surface area contributed by atoms with E-state index in [2.05, 4.69) is 9.80 Å². The second kappa shape index (κ2) is 5.29. The van der Waals surface area contributed by atoms with E-state index in [0.29, 0.717) is 11.6 Å². The van der Waals surface area contributed by atoms with Crippen molar-refractivity contribution in [3.63, 3.8) is 0 Å². The van der Waals surface area contributed by atoms with Crippen LogP contribution in [0.3, 0.4) is 0 Å². The van der Waals surface area contributed by atoms with Gasteiger partial charge in [-0.15, -0.1) is 0 Å². The van der Waals surface area contributed by atoms with Crippen molar-refractivity contribution >= 4 is 23.2 Å². The van der Waals surface area contributed by atoms with Crippen molar-refractivity contribution in [2.45, 2.75) is 25.4 Å². The molecule has 0 spiro atoms. The van der Waals surface area contributed by atoms with Crippen LogP contribution in [0.5, 0.6) is 0 Å². The number of rotatable bonds is 3. The summed E-state index contributed by atoms with van der Waals surface area (Å²) in [5.74, 6) is -0.0687. The lowest BCUT2D eigenvalue weighted by Crippen LogP contribution is -2.55. The molecule has 0 aromatic heterocycles. The highest BCUT2D eigenvalue weighted by Crippen LogP contribution is 2.17. The van der Waals surface area contributed by atoms with E-state index in [4.69, 9.17) is 22.7 Å². The van der Waals surface area contributed by atoms with Gasteiger partial charge < -0.3 is 10.5 Å². The predicted molar refractivity (Wildman–Crippen MR) is 68.8 cm³/mol. The van der Waals surface area contributed by atoms with E-state index >= 15 is 0 Å². The Labute approximate surface area is 107 Å². The van der Waals surface area contributed by atoms with Gasteiger partial charge in [-0.05, 0) is 6.92 Å². The van der Waals surface area contributed by atoms with Gasteiger partial charge in [0.25, 0.3) is 0 Å². The largest absolute Gasteiger partial charge is 0.464 e. The van der Waals surface area contributed by atoms with E-state index in [1.165, 1.54) is 0 Å². The maximum absolute atomic E-state index is 11.5. The number of ether oxygens (including phenoxy) is 1. The summed E-state index contributed by atoms with van der Waals surface area (Å²) in [5.41, 5.74) is 5.65. The summed E-state index contributed by atoms with van der Waals surface area (Å²) < 4.78 is 5.00. The molecule has 2 unspecified atom stereocenters. The monoisotopic (exact) mass is 257 g/mol. The molecule has 2 saturated heterocycles. The van der Waals surface area contributed by atoms with Gasteiger partial charge >= 0.3 is 5.97 Å². The lowest BCUT2D eigenvalue weighted by atomic mass is 10.1. The molecule has 0 saturated carbocycles. The molecule has 2 aliphatic rings. The molecule has 2 fully saturated rings. The normalized spacial score (nSPS) is 29.0. The molecule has 0 bridgehead atoms. The maximum atomic E-state index is 11.5. The number of piperazine rings is 1. The summed E-state index contributed by atoms with van der Waals surface area (Å²) in [6.07, 6.45) is 0.823. The Hall–Kier alpha value is -0.720. The van der Waals surface area contributed by atoms with Gasteiger partial charge in [0.15, 0.2) is 0 Å². The van der Waals surface area contributed by atoms with Crippen LogP contribution in [0.15, 0.2) is 0 Å². The molecule has 0 aromatic rings. The number of esters is 1. The third-order valence-corrected chi connectivity index (χ3v) is 4.00. The SMILES string of the molecule is CC(C(N)=S)N1CCN(C2CCOC2=O)CC1. The summed E-state index contributed by atoms with van der Waals surface area (Å²) in [7, 11) is 0. The smallest absolute Gasteiger partial charge is 0.323 e. The Morgan fingerprint density at radius 1 is 1.47 bits per heavy atom. The topological polar surface area (TPSA) is 58.8 Å². The molecule has 0 amide bonds. The van der Waals surface area contributed by atoms with Gasteiger partial charge in [0.2, 0.25) is 0 Å². The van der Waals surface area contributed by atoms with E-state index < -0.39 is 0 Å². The zero-order valence-electron chi connectivity index (χ0n) is 10.1. The van der Waals surface area contributed by atoms with Crippen LogP contribution in [0.2, 0.25) is 0 Å². The first-order valence-corrected chi connectivity index (χ1v) is 6.44. The first-order chi connectivity index (χ1) is 8.09. The van der Waals surface area contributed by atoms with Crippen LogP contribution in [0, 0.1) is 0 Å². The van der Waals surface area contributed by atoms with Crippen LogP contribution in [-0.2, 0) is 9.53 Å². The molecule has 2 N–H and O–H groups in total. The van der Waals surface area contributed by atoms with Gasteiger partial charge in [0.05, 0.1) is 17.6 Å². The van der Waals surface area contributed by atoms with Gasteiger partial charge in [0, 0.05) is 32.6 Å². The zero-order chi connectivity index (χ0) is 12.4. The minimum Gasteiger partial charge on any atom is -0.464 e. The second-order valence-electron chi connectivity index (χ2n) is 4.62. The fraction of sp³-hybridized carbons (Fsp3) is 0.818. The zero-order valence-corrected chi connectivity index (χ0v) is 10.9. The second-order valence-corrected chi connectivity index (χ2v) is 5.09. The fourth-order valence-electron chi connectivity index (χ4n) is 2.43. The molecule has 0 radical (unpaired) electrons. The van der Waals surface area contributed by atoms with Gasteiger partial charge in [0.1, 0.15) is 6.04 Å². The van der Waals surface area contributed by atoms with Crippen molar-refractivity contribution in [2.75, 3.05) is 32.8 Å². The highest BCUT2D eigenvalue weighted by Gasteiger charge is 2.34. The van der Waals surface area contributed by atoms with Crippen LogP contribution in [-0.4, -0.2) is 65.6 Å². The summed E-state index contributed by atoms with van der Waals surface area (Å²) in [4.78, 5) is 16.5. The lowest BCUT2D eigenvalue weighted by molar-refractivity contribution is -0.142. The average Bonchev–Trinajstić information content (AvgIpc) is 2.74. The Balaban J connectivity index is 1.85. The molecular formula is C11H19N3O2S. The summed E-state index contributed by atoms with van der Waals surface area (Å²) >= 11 is 5.00. The van der Waals surface area contributed by atoms with Crippen LogP contribution < -0.4 is 5.73 Å². The Morgan fingerprint density at radius 2 is 2.12 bits per heavy atom. The molecule has 0 aliphatic carbocycles. The minimum absolute atomic E-state index is 0.0303. The van der Waals surface area contributed by atoms with Crippen LogP contribution in [0.1, 0.15) is 13.3 Å². The maximum Gasteiger partial charge on any atom is 0.323 e. The number of thiocarbonyl (C=S) groups is 1. The highest BCUT2D eigenvalue weighted by atomic mass is 32.1. The Morgan fingerprint density at radius 3 is 2.59 bits per heavy atom. The summed E-state index contributed by atoms with van der Waals surface area (Å²) in [6.45, 7) is 6.17. The Bertz CT molecular complexity index is 316. The molecule has 6 heteroatoms. The van der Waals surface area contributed by atoms with E-state index in [9.17, 15) is 4.79 Å². The average molecular weight is 257 g/mol. The number of nitrogens with two attached hydrogens (primary N) is 1. The van der Waals surface area contributed by atoms with Crippen molar-refractivity contribution in [3.05, 3.63) is 0 Å². The number of hydrogen-bond donors (Lipinski definition) is 1. The quantitative estimate of drug-likeness (QED) is 0.548. The standard InChI is InChI=1S/C11H19N3O2S/c1-8(10(12)17)13-3-5-14(6-4-13)9-2-7-16-11(9)15/h8-9H,2-7H2,1H3,(H2,12,17). The highest BCUT2D eigenvalue weighted by molar-refractivity contribution is 7.80. The van der Waals surface area contributed by atoms with Crippen molar-refractivity contribution in [3.8, 4) is 0 Å². The van der Waals surface area contributed by atoms with Crippen molar-refractivity contribution in [1.29, 1.82) is 0 Å². The molecule has 2 aliphatic heterocycles. The molecule has 5 nitrogen and oxygen atoms in total. The number of hydrogen-bond acceptors (Lipinski definition) is 5. The van der Waals surface area contributed by atoms with E-state index in [1.54, 1.807) is 0 Å². The number of nitrogens with zero attached hydrogens (tertiary/aromatic N) is 2. The molecular weight excluding hydrogens is 238 g/mol. The third-order valence-electron chi connectivity index (χ3n) is 3.66. The molecule has 2 atom stereocenters. The van der Waals surface area contributed by atoms with Gasteiger partial charge in [-0.1, -0.05) is 12.2 Å². The van der Waals surface area contributed by atoms with Crippen LogP contribution >= 0.6 is 12.2 Å². The molecule has 96 valence electrons. The number of carbonyl (C=O) groups is 1. The first kappa shape index (κ1) is 12.7. The molecule has 17 heavy (non-hydrogen) atoms. The van der Waals surface area contributed by atoms with Gasteiger partial charge in [-0.2, -0.15) is 0 Å². The van der Waals surface area contributed by atoms with Gasteiger partial charge in [-0.3, -0.25) is 14.6 Å². The summed E-state index contributed by atoms with van der Waals surface area (Å²) in [5, 5.41) is 0. The lowest BCUT2D eigenvalue weighted by Gasteiger charge is -2.39. The first-order valence-electron chi connectivity index (χ1n) is 6.03. The van der Waals surface area contributed by atoms with E-state index in [0.717, 1.165) is 32.6 Å². The van der Waals surface area contributed by atoms with Crippen LogP contribution in [0.4, 0.5) is 0 Å². The van der Waals surface area contributed by atoms with E-state index in [-0.39, 0.29) is 18.1 Å². The van der Waals surface area contributed by atoms with Crippen molar-refractivity contribution in [2.24, 2.45) is 5.73 Å². The van der Waals surface area contributed by atoms with Gasteiger partial charge in [-0.25, -0.2) is 0 Å². The molecule has 2 heterocycles. The molecule has 2 rings (SSSR count). The van der Waals surface area contributed by atoms with E-state index in [1.807, 2.05) is 6.92 Å². The summed E-state index contributed by atoms with van der Waals surface area (Å²) in [6, 6.07) is 0.111. The number of cyclic esters (lactones) is 1. The minimum atomic E-state index is -0.0687. The molecule has 0 aromatic carbocycles. The van der Waals surface area contributed by atoms with Crippen molar-refractivity contribution < 1.29 is 9.53 Å². The third kappa shape index (κ3) is 2.75. The fourth-order valence-corrected chi connectivity index (χ4v) is 2.58. The number of carbonyl (C=O) groups excluding carboxylic acids is 1. The van der Waals surface area contributed by atoms with Crippen LogP contribution in [0.25, 0.3) is 0 Å². The van der Waals surface area contributed by atoms with Crippen molar-refractivity contribution in [1.82, 2.24) is 9.80 Å².